The molecule has 0 saturated carbocycles. The van der Waals surface area contributed by atoms with Crippen molar-refractivity contribution in [2.24, 2.45) is 12.8 Å². The standard InChI is InChI=1S/C16H25N3O2S/c1-5-16(6-2,11-17)18-22(20,21)15-12(3)19(4)14-10-8-7-9-13(14)15/h7-10,18H,5-6,11,17H2,1-4H3. The van der Waals surface area contributed by atoms with Gasteiger partial charge in [0.1, 0.15) is 4.90 Å². The molecule has 6 heteroatoms. The molecule has 0 unspecified atom stereocenters. The van der Waals surface area contributed by atoms with E-state index in [1.165, 1.54) is 0 Å². The van der Waals surface area contributed by atoms with Gasteiger partial charge in [-0.1, -0.05) is 32.0 Å². The van der Waals surface area contributed by atoms with Crippen LogP contribution in [0.2, 0.25) is 0 Å². The predicted molar refractivity (Wildman–Crippen MR) is 90.3 cm³/mol. The third-order valence-corrected chi connectivity index (χ3v) is 6.46. The summed E-state index contributed by atoms with van der Waals surface area (Å²) in [4.78, 5) is 0.352. The molecule has 1 aromatic carbocycles. The van der Waals surface area contributed by atoms with Crippen LogP contribution in [0.25, 0.3) is 10.9 Å². The van der Waals surface area contributed by atoms with Crippen LogP contribution in [0.5, 0.6) is 0 Å². The number of sulfonamides is 1. The first kappa shape index (κ1) is 17.0. The summed E-state index contributed by atoms with van der Waals surface area (Å²) in [6.07, 6.45) is 1.31. The molecule has 0 amide bonds. The van der Waals surface area contributed by atoms with Gasteiger partial charge in [0.25, 0.3) is 0 Å². The van der Waals surface area contributed by atoms with Crippen LogP contribution in [0.4, 0.5) is 0 Å². The largest absolute Gasteiger partial charge is 0.347 e. The third kappa shape index (κ3) is 2.66. The summed E-state index contributed by atoms with van der Waals surface area (Å²) in [5.74, 6) is 0. The summed E-state index contributed by atoms with van der Waals surface area (Å²) in [6, 6.07) is 7.54. The molecule has 0 aliphatic rings. The van der Waals surface area contributed by atoms with Crippen LogP contribution in [0.3, 0.4) is 0 Å². The number of benzene rings is 1. The smallest absolute Gasteiger partial charge is 0.243 e. The first-order valence-electron chi connectivity index (χ1n) is 7.60. The molecule has 1 aromatic heterocycles. The molecular formula is C16H25N3O2S. The van der Waals surface area contributed by atoms with Crippen LogP contribution >= 0.6 is 0 Å². The second kappa shape index (κ2) is 6.02. The first-order chi connectivity index (χ1) is 10.3. The Morgan fingerprint density at radius 3 is 2.36 bits per heavy atom. The Morgan fingerprint density at radius 1 is 1.23 bits per heavy atom. The van der Waals surface area contributed by atoms with E-state index < -0.39 is 15.6 Å². The van der Waals surface area contributed by atoms with E-state index in [2.05, 4.69) is 4.72 Å². The molecule has 0 atom stereocenters. The second-order valence-electron chi connectivity index (χ2n) is 5.79. The van der Waals surface area contributed by atoms with E-state index in [9.17, 15) is 8.42 Å². The summed E-state index contributed by atoms with van der Waals surface area (Å²) >= 11 is 0. The molecule has 0 aliphatic carbocycles. The second-order valence-corrected chi connectivity index (χ2v) is 7.41. The number of nitrogens with two attached hydrogens (primary N) is 1. The number of nitrogens with zero attached hydrogens (tertiary/aromatic N) is 1. The summed E-state index contributed by atoms with van der Waals surface area (Å²) < 4.78 is 30.7. The molecule has 0 bridgehead atoms. The van der Waals surface area contributed by atoms with Gasteiger partial charge in [0, 0.05) is 35.7 Å². The average molecular weight is 323 g/mol. The van der Waals surface area contributed by atoms with Gasteiger partial charge >= 0.3 is 0 Å². The van der Waals surface area contributed by atoms with Crippen molar-refractivity contribution in [2.75, 3.05) is 6.54 Å². The van der Waals surface area contributed by atoms with Crippen molar-refractivity contribution in [3.05, 3.63) is 30.0 Å². The van der Waals surface area contributed by atoms with Gasteiger partial charge in [-0.05, 0) is 25.8 Å². The Morgan fingerprint density at radius 2 is 1.82 bits per heavy atom. The molecule has 0 spiro atoms. The lowest BCUT2D eigenvalue weighted by Crippen LogP contribution is -2.52. The summed E-state index contributed by atoms with van der Waals surface area (Å²) in [5, 5.41) is 0.744. The van der Waals surface area contributed by atoms with E-state index in [-0.39, 0.29) is 6.54 Å². The average Bonchev–Trinajstić information content (AvgIpc) is 2.77. The van der Waals surface area contributed by atoms with E-state index in [0.29, 0.717) is 17.7 Å². The summed E-state index contributed by atoms with van der Waals surface area (Å²) in [5.41, 5.74) is 6.88. The molecule has 2 rings (SSSR count). The highest BCUT2D eigenvalue weighted by molar-refractivity contribution is 7.89. The minimum absolute atomic E-state index is 0.281. The zero-order valence-corrected chi connectivity index (χ0v) is 14.5. The lowest BCUT2D eigenvalue weighted by Gasteiger charge is -2.31. The Bertz CT molecular complexity index is 766. The van der Waals surface area contributed by atoms with Crippen LogP contribution in [-0.4, -0.2) is 25.1 Å². The zero-order valence-electron chi connectivity index (χ0n) is 13.7. The minimum atomic E-state index is -3.64. The number of aryl methyl sites for hydroxylation is 1. The highest BCUT2D eigenvalue weighted by Crippen LogP contribution is 2.30. The van der Waals surface area contributed by atoms with E-state index in [1.54, 1.807) is 0 Å². The topological polar surface area (TPSA) is 77.1 Å². The van der Waals surface area contributed by atoms with Gasteiger partial charge in [0.2, 0.25) is 10.0 Å². The van der Waals surface area contributed by atoms with Gasteiger partial charge in [-0.2, -0.15) is 0 Å². The van der Waals surface area contributed by atoms with E-state index in [4.69, 9.17) is 5.73 Å². The molecular weight excluding hydrogens is 298 g/mol. The number of hydrogen-bond donors (Lipinski definition) is 2. The van der Waals surface area contributed by atoms with Crippen molar-refractivity contribution < 1.29 is 8.42 Å². The van der Waals surface area contributed by atoms with Crippen LogP contribution in [-0.2, 0) is 17.1 Å². The number of hydrogen-bond acceptors (Lipinski definition) is 3. The van der Waals surface area contributed by atoms with E-state index >= 15 is 0 Å². The van der Waals surface area contributed by atoms with Crippen LogP contribution in [0.1, 0.15) is 32.4 Å². The van der Waals surface area contributed by atoms with Crippen molar-refractivity contribution in [1.29, 1.82) is 0 Å². The third-order valence-electron chi connectivity index (χ3n) is 4.71. The lowest BCUT2D eigenvalue weighted by atomic mass is 9.95. The fourth-order valence-corrected chi connectivity index (χ4v) is 4.92. The van der Waals surface area contributed by atoms with Crippen molar-refractivity contribution in [3.63, 3.8) is 0 Å². The Kier molecular flexibility index (Phi) is 4.65. The van der Waals surface area contributed by atoms with Crippen LogP contribution in [0.15, 0.2) is 29.2 Å². The maximum absolute atomic E-state index is 13.0. The minimum Gasteiger partial charge on any atom is -0.347 e. The van der Waals surface area contributed by atoms with Gasteiger partial charge in [-0.25, -0.2) is 13.1 Å². The zero-order chi connectivity index (χ0) is 16.5. The quantitative estimate of drug-likeness (QED) is 0.856. The van der Waals surface area contributed by atoms with Crippen LogP contribution < -0.4 is 10.5 Å². The normalized spacial score (nSPS) is 13.0. The number of fused-ring (bicyclic) bond motifs is 1. The first-order valence-corrected chi connectivity index (χ1v) is 9.08. The van der Waals surface area contributed by atoms with Gasteiger partial charge in [0.05, 0.1) is 0 Å². The molecule has 0 aliphatic heterocycles. The monoisotopic (exact) mass is 323 g/mol. The van der Waals surface area contributed by atoms with Crippen molar-refractivity contribution >= 4 is 20.9 Å². The highest BCUT2D eigenvalue weighted by Gasteiger charge is 2.33. The number of para-hydroxylation sites is 1. The van der Waals surface area contributed by atoms with Crippen molar-refractivity contribution in [3.8, 4) is 0 Å². The maximum atomic E-state index is 13.0. The van der Waals surface area contributed by atoms with Gasteiger partial charge in [0.15, 0.2) is 0 Å². The maximum Gasteiger partial charge on any atom is 0.243 e. The molecule has 0 radical (unpaired) electrons. The van der Waals surface area contributed by atoms with Crippen LogP contribution in [0, 0.1) is 6.92 Å². The van der Waals surface area contributed by atoms with Gasteiger partial charge in [-0.3, -0.25) is 0 Å². The summed E-state index contributed by atoms with van der Waals surface area (Å²) in [7, 11) is -1.76. The fraction of sp³-hybridized carbons (Fsp3) is 0.500. The molecule has 5 nitrogen and oxygen atoms in total. The molecule has 122 valence electrons. The van der Waals surface area contributed by atoms with E-state index in [0.717, 1.165) is 16.6 Å². The summed E-state index contributed by atoms with van der Waals surface area (Å²) in [6.45, 7) is 6.02. The van der Waals surface area contributed by atoms with Crippen molar-refractivity contribution in [1.82, 2.24) is 9.29 Å². The lowest BCUT2D eigenvalue weighted by molar-refractivity contribution is 0.363. The number of nitrogens with one attached hydrogen (secondary N) is 1. The van der Waals surface area contributed by atoms with Gasteiger partial charge < -0.3 is 10.3 Å². The molecule has 1 heterocycles. The Labute approximate surface area is 132 Å². The molecule has 0 fully saturated rings. The van der Waals surface area contributed by atoms with Crippen molar-refractivity contribution in [2.45, 2.75) is 44.0 Å². The Hall–Kier alpha value is -1.37. The highest BCUT2D eigenvalue weighted by atomic mass is 32.2. The molecule has 0 saturated heterocycles. The molecule has 2 aromatic rings. The number of aromatic nitrogens is 1. The van der Waals surface area contributed by atoms with Gasteiger partial charge in [-0.15, -0.1) is 0 Å². The Balaban J connectivity index is 2.63. The molecule has 22 heavy (non-hydrogen) atoms. The predicted octanol–water partition coefficient (Wildman–Crippen LogP) is 2.28. The number of rotatable bonds is 6. The fourth-order valence-electron chi connectivity index (χ4n) is 2.89. The van der Waals surface area contributed by atoms with E-state index in [1.807, 2.05) is 56.7 Å². The molecule has 3 N–H and O–H groups in total. The SMILES string of the molecule is CCC(CC)(CN)NS(=O)(=O)c1c(C)n(C)c2ccccc12.